The number of phosphoric acid groups is 1. The van der Waals surface area contributed by atoms with Crippen LogP contribution in [0.3, 0.4) is 0 Å². The highest BCUT2D eigenvalue weighted by Crippen LogP contribution is 2.36. The van der Waals surface area contributed by atoms with Crippen LogP contribution in [-0.4, -0.2) is 55.4 Å². The molecule has 1 aromatic heterocycles. The van der Waals surface area contributed by atoms with Crippen LogP contribution in [0.1, 0.15) is 115 Å². The zero-order chi connectivity index (χ0) is 28.8. The molecule has 1 atom stereocenters. The van der Waals surface area contributed by atoms with E-state index in [9.17, 15) is 13.0 Å². The summed E-state index contributed by atoms with van der Waals surface area (Å²) < 4.78 is 50.5. The summed E-state index contributed by atoms with van der Waals surface area (Å²) in [7, 11) is -8.05. The third-order valence-corrected chi connectivity index (χ3v) is 8.12. The second kappa shape index (κ2) is 21.8. The highest BCUT2D eigenvalue weighted by Gasteiger charge is 2.19. The zero-order valence-electron chi connectivity index (χ0n) is 24.1. The fraction of sp³-hybridized carbons (Fsp3) is 0.821. The van der Waals surface area contributed by atoms with E-state index in [0.717, 1.165) is 19.1 Å². The molecular weight excluding hydrogens is 541 g/mol. The lowest BCUT2D eigenvalue weighted by atomic mass is 10.0. The van der Waals surface area contributed by atoms with E-state index in [1.807, 2.05) is 0 Å². The van der Waals surface area contributed by atoms with Crippen LogP contribution in [0.15, 0.2) is 23.4 Å². The van der Waals surface area contributed by atoms with Crippen molar-refractivity contribution in [1.82, 2.24) is 4.98 Å². The first-order valence-corrected chi connectivity index (χ1v) is 18.1. The summed E-state index contributed by atoms with van der Waals surface area (Å²) >= 11 is 0. The van der Waals surface area contributed by atoms with Crippen molar-refractivity contribution in [2.24, 2.45) is 0 Å². The van der Waals surface area contributed by atoms with Crippen LogP contribution in [0.4, 0.5) is 0 Å². The summed E-state index contributed by atoms with van der Waals surface area (Å²) in [5.74, 6) is 0. The smallest absolute Gasteiger partial charge is 0.379 e. The van der Waals surface area contributed by atoms with Gasteiger partial charge < -0.3 is 19.3 Å². The number of rotatable bonds is 26. The van der Waals surface area contributed by atoms with Gasteiger partial charge in [-0.25, -0.2) is 13.0 Å². The maximum atomic E-state index is 11.7. The Morgan fingerprint density at radius 3 is 1.82 bits per heavy atom. The summed E-state index contributed by atoms with van der Waals surface area (Å²) in [4.78, 5) is 22.0. The maximum absolute atomic E-state index is 11.7. The molecule has 39 heavy (non-hydrogen) atoms. The number of sulfone groups is 1. The fourth-order valence-electron chi connectivity index (χ4n) is 4.25. The largest absolute Gasteiger partial charge is 0.469 e. The van der Waals surface area contributed by atoms with Gasteiger partial charge in [-0.05, 0) is 18.1 Å². The lowest BCUT2D eigenvalue weighted by Crippen LogP contribution is -2.25. The summed E-state index contributed by atoms with van der Waals surface area (Å²) in [5, 5.41) is 0. The highest BCUT2D eigenvalue weighted by molar-refractivity contribution is 7.90. The van der Waals surface area contributed by atoms with Crippen molar-refractivity contribution in [3.8, 4) is 0 Å². The molecule has 0 amide bonds. The van der Waals surface area contributed by atoms with Gasteiger partial charge in [0.1, 0.15) is 6.10 Å². The molecule has 228 valence electrons. The first-order valence-electron chi connectivity index (χ1n) is 14.6. The van der Waals surface area contributed by atoms with E-state index in [1.54, 1.807) is 0 Å². The number of hydrogen-bond donors (Lipinski definition) is 2. The molecule has 0 bridgehead atoms. The molecule has 0 aromatic carbocycles. The average Bonchev–Trinajstić information content (AvgIpc) is 2.88. The molecule has 0 fully saturated rings. The van der Waals surface area contributed by atoms with Gasteiger partial charge in [-0.1, -0.05) is 103 Å². The van der Waals surface area contributed by atoms with Crippen LogP contribution in [0, 0.1) is 0 Å². The summed E-state index contributed by atoms with van der Waals surface area (Å²) in [5.41, 5.74) is 0.525. The molecule has 0 saturated carbocycles. The van der Waals surface area contributed by atoms with Gasteiger partial charge in [0, 0.05) is 25.3 Å². The number of ether oxygens (including phenoxy) is 2. The predicted molar refractivity (Wildman–Crippen MR) is 154 cm³/mol. The first-order chi connectivity index (χ1) is 18.6. The summed E-state index contributed by atoms with van der Waals surface area (Å²) in [6, 6.07) is 1.46. The molecular formula is C28H52NO8PS. The SMILES string of the molecule is CCCCCCCCCCCCCCCCCCOC[C@H](COP(=O)(O)O)OCc1cncc(S(C)(=O)=O)c1. The Hall–Kier alpha value is -0.870. The number of hydrogen-bond acceptors (Lipinski definition) is 7. The molecule has 0 aliphatic heterocycles. The molecule has 0 radical (unpaired) electrons. The molecule has 9 nitrogen and oxygen atoms in total. The van der Waals surface area contributed by atoms with Crippen molar-refractivity contribution < 1.29 is 36.8 Å². The Kier molecular flexibility index (Phi) is 20.2. The van der Waals surface area contributed by atoms with Crippen LogP contribution in [-0.2, 0) is 35.0 Å². The van der Waals surface area contributed by atoms with E-state index in [2.05, 4.69) is 16.4 Å². The Balaban J connectivity index is 2.13. The third-order valence-electron chi connectivity index (χ3n) is 6.56. The molecule has 0 unspecified atom stereocenters. The van der Waals surface area contributed by atoms with E-state index >= 15 is 0 Å². The van der Waals surface area contributed by atoms with Crippen molar-refractivity contribution >= 4 is 17.7 Å². The van der Waals surface area contributed by atoms with Gasteiger partial charge in [0.2, 0.25) is 0 Å². The van der Waals surface area contributed by atoms with Gasteiger partial charge in [-0.3, -0.25) is 9.51 Å². The number of pyridine rings is 1. The van der Waals surface area contributed by atoms with Crippen molar-refractivity contribution in [1.29, 1.82) is 0 Å². The lowest BCUT2D eigenvalue weighted by molar-refractivity contribution is -0.0494. The van der Waals surface area contributed by atoms with Crippen LogP contribution in [0.25, 0.3) is 0 Å². The first kappa shape index (κ1) is 36.2. The average molecular weight is 594 g/mol. The molecule has 0 saturated heterocycles. The van der Waals surface area contributed by atoms with Gasteiger partial charge >= 0.3 is 7.82 Å². The van der Waals surface area contributed by atoms with Gasteiger partial charge in [-0.15, -0.1) is 0 Å². The quantitative estimate of drug-likeness (QED) is 0.0883. The number of unbranched alkanes of at least 4 members (excludes halogenated alkanes) is 15. The van der Waals surface area contributed by atoms with Crippen molar-refractivity contribution in [2.45, 2.75) is 127 Å². The van der Waals surface area contributed by atoms with Crippen LogP contribution in [0.5, 0.6) is 0 Å². The normalized spacial score (nSPS) is 13.1. The van der Waals surface area contributed by atoms with Crippen LogP contribution < -0.4 is 0 Å². The van der Waals surface area contributed by atoms with Crippen molar-refractivity contribution in [3.63, 3.8) is 0 Å². The minimum absolute atomic E-state index is 0.00789. The Bertz CT molecular complexity index is 893. The molecule has 1 heterocycles. The topological polar surface area (TPSA) is 132 Å². The number of phosphoric ester groups is 1. The second-order valence-electron chi connectivity index (χ2n) is 10.4. The van der Waals surface area contributed by atoms with Crippen molar-refractivity contribution in [3.05, 3.63) is 24.0 Å². The summed E-state index contributed by atoms with van der Waals surface area (Å²) in [6.07, 6.45) is 23.8. The molecule has 0 spiro atoms. The summed E-state index contributed by atoms with van der Waals surface area (Å²) in [6.45, 7) is 2.56. The second-order valence-corrected chi connectivity index (χ2v) is 13.7. The fourth-order valence-corrected chi connectivity index (χ4v) is 5.23. The van der Waals surface area contributed by atoms with E-state index in [4.69, 9.17) is 19.3 Å². The van der Waals surface area contributed by atoms with Crippen LogP contribution >= 0.6 is 7.82 Å². The Morgan fingerprint density at radius 2 is 1.33 bits per heavy atom. The monoisotopic (exact) mass is 593 g/mol. The van der Waals surface area contributed by atoms with Gasteiger partial charge in [0.15, 0.2) is 9.84 Å². The molecule has 0 aliphatic rings. The Labute approximate surface area is 236 Å². The molecule has 1 aromatic rings. The minimum Gasteiger partial charge on any atom is -0.379 e. The number of nitrogens with zero attached hydrogens (tertiary/aromatic N) is 1. The predicted octanol–water partition coefficient (Wildman–Crippen LogP) is 6.76. The lowest BCUT2D eigenvalue weighted by Gasteiger charge is -2.18. The highest BCUT2D eigenvalue weighted by atomic mass is 32.2. The zero-order valence-corrected chi connectivity index (χ0v) is 25.8. The van der Waals surface area contributed by atoms with E-state index < -0.39 is 23.8 Å². The third kappa shape index (κ3) is 21.5. The van der Waals surface area contributed by atoms with Gasteiger partial charge in [-0.2, -0.15) is 0 Å². The molecule has 0 aliphatic carbocycles. The van der Waals surface area contributed by atoms with Gasteiger partial charge in [0.05, 0.1) is 24.7 Å². The molecule has 1 rings (SSSR count). The van der Waals surface area contributed by atoms with E-state index in [-0.39, 0.29) is 24.7 Å². The standard InChI is InChI=1S/C28H52NO8PS/c1-3-4-5-6-7-8-9-10-11-12-13-14-15-16-17-18-19-35-24-27(25-37-38(30,31)32)36-23-26-20-28(22-29-21-26)39(2,33)34/h20-22,27H,3-19,23-25H2,1-2H3,(H2,30,31,32)/t27-/m1/s1. The van der Waals surface area contributed by atoms with Crippen LogP contribution in [0.2, 0.25) is 0 Å². The van der Waals surface area contributed by atoms with E-state index in [0.29, 0.717) is 12.2 Å². The molecule has 2 N–H and O–H groups in total. The van der Waals surface area contributed by atoms with Gasteiger partial charge in [0.25, 0.3) is 0 Å². The molecule has 11 heteroatoms. The van der Waals surface area contributed by atoms with Crippen molar-refractivity contribution in [2.75, 3.05) is 26.1 Å². The number of aromatic nitrogens is 1. The Morgan fingerprint density at radius 1 is 0.821 bits per heavy atom. The maximum Gasteiger partial charge on any atom is 0.469 e. The van der Waals surface area contributed by atoms with E-state index in [1.165, 1.54) is 108 Å². The minimum atomic E-state index is -4.65.